The number of nitrogens with one attached hydrogen (secondary N) is 1. The van der Waals surface area contributed by atoms with E-state index in [2.05, 4.69) is 12.2 Å². The molecule has 0 amide bonds. The Morgan fingerprint density at radius 1 is 1.24 bits per heavy atom. The number of aliphatic hydroxyl groups excluding tert-OH is 1. The first kappa shape index (κ1) is 12.9. The summed E-state index contributed by atoms with van der Waals surface area (Å²) in [6, 6.07) is 7.53. The highest BCUT2D eigenvalue weighted by atomic mass is 35.5. The zero-order valence-electron chi connectivity index (χ0n) is 10.2. The molecule has 1 fully saturated rings. The van der Waals surface area contributed by atoms with Crippen molar-refractivity contribution < 1.29 is 5.11 Å². The quantitative estimate of drug-likeness (QED) is 0.868. The minimum absolute atomic E-state index is 0.304. The molecule has 0 aromatic heterocycles. The van der Waals surface area contributed by atoms with Crippen molar-refractivity contribution in [2.45, 2.75) is 25.9 Å². The van der Waals surface area contributed by atoms with Gasteiger partial charge in [0, 0.05) is 5.02 Å². The second-order valence-corrected chi connectivity index (χ2v) is 5.38. The molecule has 3 heteroatoms. The summed E-state index contributed by atoms with van der Waals surface area (Å²) in [5.74, 6) is 0.917. The largest absolute Gasteiger partial charge is 0.388 e. The fourth-order valence-corrected chi connectivity index (χ4v) is 2.72. The minimum Gasteiger partial charge on any atom is -0.388 e. The molecule has 0 spiro atoms. The van der Waals surface area contributed by atoms with Crippen LogP contribution in [0.5, 0.6) is 0 Å². The van der Waals surface area contributed by atoms with E-state index in [1.54, 1.807) is 0 Å². The van der Waals surface area contributed by atoms with E-state index in [4.69, 9.17) is 11.6 Å². The maximum absolute atomic E-state index is 10.4. The first-order chi connectivity index (χ1) is 8.18. The number of halogens is 1. The summed E-state index contributed by atoms with van der Waals surface area (Å²) in [7, 11) is 0. The van der Waals surface area contributed by atoms with Crippen LogP contribution in [0.1, 0.15) is 31.4 Å². The Morgan fingerprint density at radius 3 is 2.41 bits per heavy atom. The standard InChI is InChI=1S/C14H20ClNO/c1-10(11-6-8-16-9-7-11)14(17)12-2-4-13(15)5-3-12/h2-5,10-11,14,16-17H,6-9H2,1H3/t10-,14-/m1/s1. The fourth-order valence-electron chi connectivity index (χ4n) is 2.59. The Kier molecular flexibility index (Phi) is 4.43. The molecule has 17 heavy (non-hydrogen) atoms. The predicted molar refractivity (Wildman–Crippen MR) is 71.2 cm³/mol. The van der Waals surface area contributed by atoms with Gasteiger partial charge in [-0.3, -0.25) is 0 Å². The number of benzene rings is 1. The molecule has 2 atom stereocenters. The Hall–Kier alpha value is -0.570. The van der Waals surface area contributed by atoms with Gasteiger partial charge in [-0.05, 0) is 55.5 Å². The molecular weight excluding hydrogens is 234 g/mol. The number of aliphatic hydroxyl groups is 1. The lowest BCUT2D eigenvalue weighted by molar-refractivity contribution is 0.0711. The molecule has 1 aliphatic rings. The summed E-state index contributed by atoms with van der Waals surface area (Å²) >= 11 is 5.85. The number of rotatable bonds is 3. The number of hydrogen-bond donors (Lipinski definition) is 2. The first-order valence-corrected chi connectivity index (χ1v) is 6.70. The summed E-state index contributed by atoms with van der Waals surface area (Å²) < 4.78 is 0. The maximum atomic E-state index is 10.4. The van der Waals surface area contributed by atoms with Crippen molar-refractivity contribution in [3.63, 3.8) is 0 Å². The van der Waals surface area contributed by atoms with Crippen molar-refractivity contribution in [1.29, 1.82) is 0 Å². The van der Waals surface area contributed by atoms with Gasteiger partial charge < -0.3 is 10.4 Å². The molecule has 1 saturated heterocycles. The second kappa shape index (κ2) is 5.85. The van der Waals surface area contributed by atoms with Crippen LogP contribution in [0.4, 0.5) is 0 Å². The molecule has 1 heterocycles. The van der Waals surface area contributed by atoms with E-state index < -0.39 is 0 Å². The molecule has 1 aromatic rings. The van der Waals surface area contributed by atoms with E-state index >= 15 is 0 Å². The van der Waals surface area contributed by atoms with Gasteiger partial charge in [-0.1, -0.05) is 30.7 Å². The third-order valence-electron chi connectivity index (χ3n) is 3.84. The van der Waals surface area contributed by atoms with Crippen LogP contribution in [0.3, 0.4) is 0 Å². The van der Waals surface area contributed by atoms with E-state index in [1.807, 2.05) is 24.3 Å². The molecule has 1 aliphatic heterocycles. The van der Waals surface area contributed by atoms with Crippen LogP contribution < -0.4 is 5.32 Å². The molecule has 0 aliphatic carbocycles. The van der Waals surface area contributed by atoms with Crippen LogP contribution in [-0.2, 0) is 0 Å². The van der Waals surface area contributed by atoms with Crippen molar-refractivity contribution in [2.75, 3.05) is 13.1 Å². The summed E-state index contributed by atoms with van der Waals surface area (Å²) in [5.41, 5.74) is 0.973. The fraction of sp³-hybridized carbons (Fsp3) is 0.571. The number of hydrogen-bond acceptors (Lipinski definition) is 2. The Balaban J connectivity index is 2.02. The summed E-state index contributed by atoms with van der Waals surface area (Å²) in [6.45, 7) is 4.29. The topological polar surface area (TPSA) is 32.3 Å². The number of piperidine rings is 1. The lowest BCUT2D eigenvalue weighted by Gasteiger charge is -2.31. The van der Waals surface area contributed by atoms with Crippen LogP contribution in [0, 0.1) is 11.8 Å². The van der Waals surface area contributed by atoms with Gasteiger partial charge in [-0.2, -0.15) is 0 Å². The van der Waals surface area contributed by atoms with Crippen LogP contribution in [0.25, 0.3) is 0 Å². The molecule has 0 bridgehead atoms. The van der Waals surface area contributed by atoms with Gasteiger partial charge in [-0.15, -0.1) is 0 Å². The van der Waals surface area contributed by atoms with Gasteiger partial charge in [0.1, 0.15) is 0 Å². The van der Waals surface area contributed by atoms with Gasteiger partial charge in [0.25, 0.3) is 0 Å². The van der Waals surface area contributed by atoms with Crippen LogP contribution in [0.15, 0.2) is 24.3 Å². The van der Waals surface area contributed by atoms with Gasteiger partial charge in [0.15, 0.2) is 0 Å². The van der Waals surface area contributed by atoms with Crippen molar-refractivity contribution in [3.8, 4) is 0 Å². The van der Waals surface area contributed by atoms with Crippen molar-refractivity contribution in [2.24, 2.45) is 11.8 Å². The summed E-state index contributed by atoms with van der Waals surface area (Å²) in [5, 5.41) is 14.4. The molecule has 2 N–H and O–H groups in total. The molecule has 2 rings (SSSR count). The lowest BCUT2D eigenvalue weighted by atomic mass is 9.80. The SMILES string of the molecule is C[C@H](C1CCNCC1)[C@@H](O)c1ccc(Cl)cc1. The zero-order chi connectivity index (χ0) is 12.3. The zero-order valence-corrected chi connectivity index (χ0v) is 11.0. The highest BCUT2D eigenvalue weighted by Gasteiger charge is 2.26. The third-order valence-corrected chi connectivity index (χ3v) is 4.09. The maximum Gasteiger partial charge on any atom is 0.0818 e. The van der Waals surface area contributed by atoms with Crippen molar-refractivity contribution >= 4 is 11.6 Å². The van der Waals surface area contributed by atoms with E-state index in [-0.39, 0.29) is 6.10 Å². The predicted octanol–water partition coefficient (Wildman–Crippen LogP) is 3.01. The highest BCUT2D eigenvalue weighted by molar-refractivity contribution is 6.30. The second-order valence-electron chi connectivity index (χ2n) is 4.94. The average Bonchev–Trinajstić information content (AvgIpc) is 2.39. The molecule has 94 valence electrons. The van der Waals surface area contributed by atoms with Gasteiger partial charge in [0.05, 0.1) is 6.10 Å². The molecule has 0 saturated carbocycles. The Labute approximate surface area is 108 Å². The summed E-state index contributed by atoms with van der Waals surface area (Å²) in [4.78, 5) is 0. The molecule has 0 radical (unpaired) electrons. The Morgan fingerprint density at radius 2 is 1.82 bits per heavy atom. The molecule has 0 unspecified atom stereocenters. The molecule has 2 nitrogen and oxygen atoms in total. The van der Waals surface area contributed by atoms with E-state index in [0.29, 0.717) is 11.8 Å². The first-order valence-electron chi connectivity index (χ1n) is 6.32. The van der Waals surface area contributed by atoms with Crippen LogP contribution >= 0.6 is 11.6 Å². The van der Waals surface area contributed by atoms with E-state index in [0.717, 1.165) is 36.5 Å². The van der Waals surface area contributed by atoms with Crippen molar-refractivity contribution in [1.82, 2.24) is 5.32 Å². The highest BCUT2D eigenvalue weighted by Crippen LogP contribution is 2.32. The normalized spacial score (nSPS) is 21.1. The van der Waals surface area contributed by atoms with E-state index in [1.165, 1.54) is 0 Å². The molecular formula is C14H20ClNO. The van der Waals surface area contributed by atoms with Gasteiger partial charge in [-0.25, -0.2) is 0 Å². The summed E-state index contributed by atoms with van der Waals surface area (Å²) in [6.07, 6.45) is 1.94. The average molecular weight is 254 g/mol. The third kappa shape index (κ3) is 3.21. The van der Waals surface area contributed by atoms with Gasteiger partial charge >= 0.3 is 0 Å². The minimum atomic E-state index is -0.379. The monoisotopic (exact) mass is 253 g/mol. The van der Waals surface area contributed by atoms with Crippen LogP contribution in [0.2, 0.25) is 5.02 Å². The van der Waals surface area contributed by atoms with Crippen molar-refractivity contribution in [3.05, 3.63) is 34.9 Å². The van der Waals surface area contributed by atoms with E-state index in [9.17, 15) is 5.11 Å². The lowest BCUT2D eigenvalue weighted by Crippen LogP contribution is -2.32. The van der Waals surface area contributed by atoms with Crippen LogP contribution in [-0.4, -0.2) is 18.2 Å². The van der Waals surface area contributed by atoms with Gasteiger partial charge in [0.2, 0.25) is 0 Å². The smallest absolute Gasteiger partial charge is 0.0818 e. The molecule has 1 aromatic carbocycles. The Bertz CT molecular complexity index is 346.